The molecular formula is C14H14N2O2. The summed E-state index contributed by atoms with van der Waals surface area (Å²) >= 11 is 0. The first kappa shape index (κ1) is 12.3. The van der Waals surface area contributed by atoms with E-state index in [-0.39, 0.29) is 6.54 Å². The number of hydrogen-bond donors (Lipinski definition) is 1. The maximum absolute atomic E-state index is 11.7. The number of oxime groups is 1. The number of nitrogens with two attached hydrogens (primary N) is 1. The van der Waals surface area contributed by atoms with E-state index in [1.165, 1.54) is 0 Å². The largest absolute Gasteiger partial charge is 0.365 e. The average Bonchev–Trinajstić information content (AvgIpc) is 2.43. The molecule has 0 unspecified atom stereocenters. The molecule has 0 aromatic heterocycles. The van der Waals surface area contributed by atoms with Gasteiger partial charge in [-0.1, -0.05) is 35.5 Å². The maximum Gasteiger partial charge on any atom is 0.365 e. The van der Waals surface area contributed by atoms with Crippen molar-refractivity contribution >= 4 is 22.5 Å². The summed E-state index contributed by atoms with van der Waals surface area (Å²) in [6.07, 6.45) is 0. The van der Waals surface area contributed by atoms with Gasteiger partial charge in [-0.15, -0.1) is 0 Å². The van der Waals surface area contributed by atoms with Crippen LogP contribution in [0.15, 0.2) is 47.6 Å². The van der Waals surface area contributed by atoms with Crippen LogP contribution in [0.25, 0.3) is 10.8 Å². The molecule has 4 heteroatoms. The summed E-state index contributed by atoms with van der Waals surface area (Å²) < 4.78 is 0. The smallest absolute Gasteiger partial charge is 0.325 e. The van der Waals surface area contributed by atoms with Crippen LogP contribution in [-0.2, 0) is 4.84 Å². The quantitative estimate of drug-likeness (QED) is 0.510. The van der Waals surface area contributed by atoms with Crippen molar-refractivity contribution in [2.45, 2.75) is 6.92 Å². The Labute approximate surface area is 105 Å². The van der Waals surface area contributed by atoms with Crippen LogP contribution < -0.4 is 5.73 Å². The molecule has 0 aliphatic carbocycles. The van der Waals surface area contributed by atoms with E-state index in [1.807, 2.05) is 30.3 Å². The fourth-order valence-electron chi connectivity index (χ4n) is 1.53. The Morgan fingerprint density at radius 1 is 1.22 bits per heavy atom. The number of hydrogen-bond acceptors (Lipinski definition) is 4. The second-order valence-corrected chi connectivity index (χ2v) is 3.97. The maximum atomic E-state index is 11.7. The van der Waals surface area contributed by atoms with E-state index >= 15 is 0 Å². The Morgan fingerprint density at radius 3 is 2.67 bits per heavy atom. The van der Waals surface area contributed by atoms with E-state index in [9.17, 15) is 4.79 Å². The average molecular weight is 242 g/mol. The molecule has 0 saturated heterocycles. The molecule has 0 saturated carbocycles. The van der Waals surface area contributed by atoms with Crippen LogP contribution in [0.1, 0.15) is 17.3 Å². The Hall–Kier alpha value is -2.20. The minimum absolute atomic E-state index is 0.269. The summed E-state index contributed by atoms with van der Waals surface area (Å²) in [7, 11) is 0. The van der Waals surface area contributed by atoms with Gasteiger partial charge in [-0.2, -0.15) is 0 Å². The minimum atomic E-state index is -0.478. The number of fused-ring (bicyclic) bond motifs is 1. The molecule has 0 aliphatic rings. The zero-order valence-electron chi connectivity index (χ0n) is 10.1. The Bertz CT molecular complexity index is 606. The van der Waals surface area contributed by atoms with Gasteiger partial charge in [0.15, 0.2) is 0 Å². The molecule has 2 N–H and O–H groups in total. The molecule has 2 aromatic carbocycles. The molecule has 92 valence electrons. The highest BCUT2D eigenvalue weighted by atomic mass is 16.7. The predicted octanol–water partition coefficient (Wildman–Crippen LogP) is 2.33. The summed E-state index contributed by atoms with van der Waals surface area (Å²) in [6.45, 7) is 1.97. The lowest BCUT2D eigenvalue weighted by molar-refractivity contribution is 0.0515. The standard InChI is InChI=1S/C14H14N2O2/c1-10(9-15)16-18-14(17)13-7-6-11-4-2-3-5-12(11)8-13/h2-8H,9,15H2,1H3/b16-10+. The third kappa shape index (κ3) is 2.73. The molecule has 0 fully saturated rings. The predicted molar refractivity (Wildman–Crippen MR) is 71.5 cm³/mol. The summed E-state index contributed by atoms with van der Waals surface area (Å²) in [6, 6.07) is 13.2. The van der Waals surface area contributed by atoms with E-state index in [0.717, 1.165) is 10.8 Å². The van der Waals surface area contributed by atoms with Crippen molar-refractivity contribution in [1.29, 1.82) is 0 Å². The summed E-state index contributed by atoms with van der Waals surface area (Å²) in [4.78, 5) is 16.5. The van der Waals surface area contributed by atoms with Crippen molar-refractivity contribution in [1.82, 2.24) is 0 Å². The van der Waals surface area contributed by atoms with E-state index < -0.39 is 5.97 Å². The van der Waals surface area contributed by atoms with Crippen LogP contribution in [0.4, 0.5) is 0 Å². The van der Waals surface area contributed by atoms with Crippen LogP contribution in [0.3, 0.4) is 0 Å². The van der Waals surface area contributed by atoms with Crippen molar-refractivity contribution < 1.29 is 9.63 Å². The fraction of sp³-hybridized carbons (Fsp3) is 0.143. The van der Waals surface area contributed by atoms with Crippen molar-refractivity contribution in [2.75, 3.05) is 6.54 Å². The normalized spacial score (nSPS) is 11.6. The topological polar surface area (TPSA) is 64.7 Å². The van der Waals surface area contributed by atoms with Crippen LogP contribution in [0, 0.1) is 0 Å². The highest BCUT2D eigenvalue weighted by molar-refractivity contribution is 5.95. The van der Waals surface area contributed by atoms with Gasteiger partial charge in [-0.3, -0.25) is 0 Å². The Morgan fingerprint density at radius 2 is 1.94 bits per heavy atom. The first-order valence-electron chi connectivity index (χ1n) is 5.64. The summed E-state index contributed by atoms with van der Waals surface area (Å²) in [5.74, 6) is -0.478. The fourth-order valence-corrected chi connectivity index (χ4v) is 1.53. The highest BCUT2D eigenvalue weighted by Crippen LogP contribution is 2.16. The van der Waals surface area contributed by atoms with Crippen LogP contribution in [0.2, 0.25) is 0 Å². The summed E-state index contributed by atoms with van der Waals surface area (Å²) in [5.41, 5.74) is 6.40. The van der Waals surface area contributed by atoms with Crippen molar-refractivity contribution in [3.63, 3.8) is 0 Å². The molecule has 0 spiro atoms. The lowest BCUT2D eigenvalue weighted by Crippen LogP contribution is -2.11. The first-order valence-corrected chi connectivity index (χ1v) is 5.64. The number of benzene rings is 2. The van der Waals surface area contributed by atoms with Gasteiger partial charge in [-0.05, 0) is 29.8 Å². The van der Waals surface area contributed by atoms with E-state index in [2.05, 4.69) is 5.16 Å². The van der Waals surface area contributed by atoms with Gasteiger partial charge in [0.2, 0.25) is 0 Å². The van der Waals surface area contributed by atoms with Crippen molar-refractivity contribution in [2.24, 2.45) is 10.9 Å². The zero-order valence-corrected chi connectivity index (χ0v) is 10.1. The SMILES string of the molecule is C/C(CN)=N\OC(=O)c1ccc2ccccc2c1. The van der Waals surface area contributed by atoms with Gasteiger partial charge in [0.25, 0.3) is 0 Å². The number of rotatable bonds is 3. The third-order valence-electron chi connectivity index (χ3n) is 2.56. The second-order valence-electron chi connectivity index (χ2n) is 3.97. The molecule has 0 atom stereocenters. The molecule has 4 nitrogen and oxygen atoms in total. The van der Waals surface area contributed by atoms with Gasteiger partial charge >= 0.3 is 5.97 Å². The second kappa shape index (κ2) is 5.42. The van der Waals surface area contributed by atoms with Crippen LogP contribution >= 0.6 is 0 Å². The Kier molecular flexibility index (Phi) is 3.69. The molecule has 2 aromatic rings. The van der Waals surface area contributed by atoms with E-state index in [4.69, 9.17) is 10.6 Å². The Balaban J connectivity index is 2.23. The molecule has 0 radical (unpaired) electrons. The van der Waals surface area contributed by atoms with Crippen LogP contribution in [0.5, 0.6) is 0 Å². The number of nitrogens with zero attached hydrogens (tertiary/aromatic N) is 1. The molecule has 0 aliphatic heterocycles. The van der Waals surface area contributed by atoms with E-state index in [0.29, 0.717) is 11.3 Å². The zero-order chi connectivity index (χ0) is 13.0. The molecule has 2 rings (SSSR count). The van der Waals surface area contributed by atoms with Gasteiger partial charge in [-0.25, -0.2) is 4.79 Å². The van der Waals surface area contributed by atoms with Crippen LogP contribution in [-0.4, -0.2) is 18.2 Å². The monoisotopic (exact) mass is 242 g/mol. The molecule has 0 heterocycles. The van der Waals surface area contributed by atoms with Crippen molar-refractivity contribution in [3.8, 4) is 0 Å². The van der Waals surface area contributed by atoms with E-state index in [1.54, 1.807) is 19.1 Å². The van der Waals surface area contributed by atoms with Gasteiger partial charge < -0.3 is 10.6 Å². The van der Waals surface area contributed by atoms with Gasteiger partial charge in [0, 0.05) is 6.54 Å². The number of carbonyl (C=O) groups excluding carboxylic acids is 1. The number of carbonyl (C=O) groups is 1. The van der Waals surface area contributed by atoms with Gasteiger partial charge in [0.1, 0.15) is 0 Å². The minimum Gasteiger partial charge on any atom is -0.325 e. The first-order chi connectivity index (χ1) is 8.70. The van der Waals surface area contributed by atoms with Crippen molar-refractivity contribution in [3.05, 3.63) is 48.0 Å². The lowest BCUT2D eigenvalue weighted by Gasteiger charge is -2.01. The molecule has 0 bridgehead atoms. The molecule has 0 amide bonds. The van der Waals surface area contributed by atoms with Gasteiger partial charge in [0.05, 0.1) is 11.3 Å². The highest BCUT2D eigenvalue weighted by Gasteiger charge is 2.07. The summed E-state index contributed by atoms with van der Waals surface area (Å²) in [5, 5.41) is 5.71. The molecular weight excluding hydrogens is 228 g/mol. The molecule has 18 heavy (non-hydrogen) atoms. The third-order valence-corrected chi connectivity index (χ3v) is 2.56. The lowest BCUT2D eigenvalue weighted by atomic mass is 10.1.